The van der Waals surface area contributed by atoms with E-state index in [1.54, 1.807) is 4.90 Å². The Morgan fingerprint density at radius 1 is 1.09 bits per heavy atom. The zero-order valence-corrected chi connectivity index (χ0v) is 19.4. The molecule has 1 atom stereocenters. The summed E-state index contributed by atoms with van der Waals surface area (Å²) in [6.45, 7) is 0.950. The largest absolute Gasteiger partial charge is 0.416 e. The van der Waals surface area contributed by atoms with Crippen molar-refractivity contribution in [3.05, 3.63) is 53.2 Å². The number of carbonyl (C=O) groups excluding carboxylic acids is 1. The summed E-state index contributed by atoms with van der Waals surface area (Å²) in [5, 5.41) is 0. The van der Waals surface area contributed by atoms with Gasteiger partial charge in [-0.2, -0.15) is 13.2 Å². The lowest BCUT2D eigenvalue weighted by molar-refractivity contribution is -0.137. The molecule has 190 valence electrons. The van der Waals surface area contributed by atoms with Gasteiger partial charge in [-0.25, -0.2) is 14.4 Å². The Labute approximate surface area is 201 Å². The summed E-state index contributed by atoms with van der Waals surface area (Å²) in [7, 11) is 0. The molecule has 10 heteroatoms. The molecule has 2 aromatic rings. The van der Waals surface area contributed by atoms with Crippen LogP contribution in [0.5, 0.6) is 0 Å². The van der Waals surface area contributed by atoms with Gasteiger partial charge in [0.2, 0.25) is 5.91 Å². The number of primary amides is 1. The Morgan fingerprint density at radius 2 is 1.77 bits per heavy atom. The predicted octanol–water partition coefficient (Wildman–Crippen LogP) is 4.83. The van der Waals surface area contributed by atoms with Crippen molar-refractivity contribution in [3.63, 3.8) is 0 Å². The molecule has 2 heterocycles. The smallest absolute Gasteiger partial charge is 0.377 e. The van der Waals surface area contributed by atoms with Crippen LogP contribution in [-0.4, -0.2) is 35.6 Å². The summed E-state index contributed by atoms with van der Waals surface area (Å²) in [6, 6.07) is 4.42. The normalized spacial score (nSPS) is 23.3. The summed E-state index contributed by atoms with van der Waals surface area (Å²) >= 11 is 0. The van der Waals surface area contributed by atoms with E-state index in [9.17, 15) is 18.0 Å². The Balaban J connectivity index is 1.44. The maximum atomic E-state index is 15.5. The third-order valence-electron chi connectivity index (χ3n) is 7.11. The van der Waals surface area contributed by atoms with Gasteiger partial charge in [0.05, 0.1) is 30.5 Å². The monoisotopic (exact) mass is 494 g/mol. The van der Waals surface area contributed by atoms with E-state index in [1.807, 2.05) is 0 Å². The first-order chi connectivity index (χ1) is 16.7. The Hall–Kier alpha value is -2.75. The molecule has 4 rings (SSSR count). The molecule has 1 aliphatic heterocycles. The van der Waals surface area contributed by atoms with Crippen LogP contribution in [0.25, 0.3) is 0 Å². The summed E-state index contributed by atoms with van der Waals surface area (Å²) in [6.07, 6.45) is 2.49. The summed E-state index contributed by atoms with van der Waals surface area (Å²) in [4.78, 5) is 21.3. The first kappa shape index (κ1) is 25.3. The molecule has 1 saturated carbocycles. The van der Waals surface area contributed by atoms with Gasteiger partial charge in [-0.05, 0) is 55.2 Å². The third-order valence-corrected chi connectivity index (χ3v) is 7.11. The second-order valence-corrected chi connectivity index (χ2v) is 9.46. The highest BCUT2D eigenvalue weighted by Gasteiger charge is 2.33. The zero-order valence-electron chi connectivity index (χ0n) is 19.4. The minimum atomic E-state index is -4.42. The molecule has 0 unspecified atom stereocenters. The zero-order chi connectivity index (χ0) is 25.0. The summed E-state index contributed by atoms with van der Waals surface area (Å²) in [5.74, 6) is 0.179. The predicted molar refractivity (Wildman–Crippen MR) is 122 cm³/mol. The fourth-order valence-electron chi connectivity index (χ4n) is 5.15. The van der Waals surface area contributed by atoms with Crippen LogP contribution >= 0.6 is 0 Å². The quantitative estimate of drug-likeness (QED) is 0.558. The van der Waals surface area contributed by atoms with Gasteiger partial charge in [0.25, 0.3) is 0 Å². The molecule has 1 aliphatic carbocycles. The Bertz CT molecular complexity index is 1010. The molecular weight excluding hydrogens is 464 g/mol. The lowest BCUT2D eigenvalue weighted by atomic mass is 9.78. The van der Waals surface area contributed by atoms with Crippen molar-refractivity contribution in [1.29, 1.82) is 0 Å². The van der Waals surface area contributed by atoms with Gasteiger partial charge in [0.1, 0.15) is 6.33 Å². The van der Waals surface area contributed by atoms with Crippen molar-refractivity contribution in [2.24, 2.45) is 17.6 Å². The number of aryl methyl sites for hydroxylation is 1. The maximum absolute atomic E-state index is 15.5. The topological polar surface area (TPSA) is 81.3 Å². The Kier molecular flexibility index (Phi) is 7.88. The number of nitrogens with zero attached hydrogens (tertiary/aromatic N) is 3. The minimum absolute atomic E-state index is 0.147. The van der Waals surface area contributed by atoms with Crippen LogP contribution in [0.1, 0.15) is 61.4 Å². The molecule has 1 amide bonds. The number of hydrogen-bond donors (Lipinski definition) is 1. The van der Waals surface area contributed by atoms with Gasteiger partial charge < -0.3 is 15.4 Å². The molecule has 1 saturated heterocycles. The van der Waals surface area contributed by atoms with Crippen molar-refractivity contribution in [3.8, 4) is 0 Å². The van der Waals surface area contributed by atoms with Crippen LogP contribution < -0.4 is 10.6 Å². The molecule has 2 aliphatic rings. The molecule has 1 aromatic heterocycles. The molecular formula is C25H30F4N4O2. The van der Waals surface area contributed by atoms with Crippen LogP contribution in [0, 0.1) is 17.7 Å². The number of alkyl halides is 3. The number of ether oxygens (including phenoxy) is 1. The number of amides is 1. The van der Waals surface area contributed by atoms with Gasteiger partial charge in [-0.3, -0.25) is 4.79 Å². The molecule has 0 radical (unpaired) electrons. The van der Waals surface area contributed by atoms with Crippen molar-refractivity contribution < 1.29 is 27.1 Å². The molecule has 35 heavy (non-hydrogen) atoms. The van der Waals surface area contributed by atoms with Gasteiger partial charge in [0, 0.05) is 13.0 Å². The van der Waals surface area contributed by atoms with E-state index in [4.69, 9.17) is 10.5 Å². The van der Waals surface area contributed by atoms with Crippen molar-refractivity contribution in [1.82, 2.24) is 9.97 Å². The van der Waals surface area contributed by atoms with Gasteiger partial charge in [-0.1, -0.05) is 25.0 Å². The average molecular weight is 495 g/mol. The van der Waals surface area contributed by atoms with Crippen LogP contribution in [-0.2, 0) is 22.1 Å². The molecule has 0 bridgehead atoms. The highest BCUT2D eigenvalue weighted by atomic mass is 19.4. The number of aromatic nitrogens is 2. The van der Waals surface area contributed by atoms with Crippen LogP contribution in [0.2, 0.25) is 0 Å². The first-order valence-corrected chi connectivity index (χ1v) is 12.0. The molecule has 2 fully saturated rings. The van der Waals surface area contributed by atoms with Gasteiger partial charge in [-0.15, -0.1) is 0 Å². The van der Waals surface area contributed by atoms with Crippen LogP contribution in [0.15, 0.2) is 30.6 Å². The number of anilines is 1. The number of carbonyl (C=O) groups is 1. The number of nitrogens with two attached hydrogens (primary N) is 1. The van der Waals surface area contributed by atoms with Crippen molar-refractivity contribution >= 4 is 11.7 Å². The molecule has 0 spiro atoms. The number of rotatable bonds is 7. The van der Waals surface area contributed by atoms with Crippen molar-refractivity contribution in [2.75, 3.05) is 24.7 Å². The van der Waals surface area contributed by atoms with E-state index in [0.717, 1.165) is 44.2 Å². The van der Waals surface area contributed by atoms with E-state index in [1.165, 1.54) is 18.5 Å². The number of morpholine rings is 1. The highest BCUT2D eigenvalue weighted by Crippen LogP contribution is 2.36. The third kappa shape index (κ3) is 6.28. The molecule has 1 aromatic carbocycles. The number of hydrogen-bond acceptors (Lipinski definition) is 5. The maximum Gasteiger partial charge on any atom is 0.416 e. The van der Waals surface area contributed by atoms with Crippen molar-refractivity contribution in [2.45, 2.75) is 57.2 Å². The number of benzene rings is 1. The summed E-state index contributed by atoms with van der Waals surface area (Å²) in [5.41, 5.74) is 5.51. The van der Waals surface area contributed by atoms with E-state index < -0.39 is 23.6 Å². The number of halogens is 4. The van der Waals surface area contributed by atoms with Gasteiger partial charge in [0.15, 0.2) is 11.6 Å². The fraction of sp³-hybridized carbons (Fsp3) is 0.560. The lowest BCUT2D eigenvalue weighted by Gasteiger charge is -2.37. The summed E-state index contributed by atoms with van der Waals surface area (Å²) < 4.78 is 59.9. The fourth-order valence-corrected chi connectivity index (χ4v) is 5.15. The Morgan fingerprint density at radius 3 is 2.43 bits per heavy atom. The molecule has 2 N–H and O–H groups in total. The second kappa shape index (κ2) is 10.9. The second-order valence-electron chi connectivity index (χ2n) is 9.46. The van der Waals surface area contributed by atoms with E-state index in [0.29, 0.717) is 49.1 Å². The van der Waals surface area contributed by atoms with E-state index in [-0.39, 0.29) is 18.3 Å². The minimum Gasteiger partial charge on any atom is -0.377 e. The molecule has 6 nitrogen and oxygen atoms in total. The van der Waals surface area contributed by atoms with Crippen LogP contribution in [0.3, 0.4) is 0 Å². The first-order valence-electron chi connectivity index (χ1n) is 12.0. The highest BCUT2D eigenvalue weighted by molar-refractivity contribution is 5.73. The van der Waals surface area contributed by atoms with Gasteiger partial charge >= 0.3 is 6.18 Å². The standard InChI is InChI=1S/C25H30F4N4O2/c26-23-20(10-5-16-1-3-17(4-2-16)13-22(30)34)31-15-32-24(23)33-11-12-35-14-21(33)18-6-8-19(9-7-18)25(27,28)29/h6-9,15-17,21H,1-5,10-14H2,(H2,30,34)/t16?,17?,21-/m1/s1. The van der Waals surface area contributed by atoms with E-state index >= 15 is 4.39 Å². The van der Waals surface area contributed by atoms with Crippen LogP contribution in [0.4, 0.5) is 23.4 Å². The lowest BCUT2D eigenvalue weighted by Crippen LogP contribution is -2.40. The SMILES string of the molecule is NC(=O)CC1CCC(CCc2ncnc(N3CCOC[C@@H]3c3ccc(C(F)(F)F)cc3)c2F)CC1. The van der Waals surface area contributed by atoms with E-state index in [2.05, 4.69) is 9.97 Å². The average Bonchev–Trinajstić information content (AvgIpc) is 2.84.